The van der Waals surface area contributed by atoms with Crippen LogP contribution in [0.5, 0.6) is 5.75 Å². The van der Waals surface area contributed by atoms with E-state index in [1.54, 1.807) is 36.6 Å². The van der Waals surface area contributed by atoms with E-state index in [9.17, 15) is 0 Å². The van der Waals surface area contributed by atoms with Crippen molar-refractivity contribution in [3.8, 4) is 5.75 Å². The normalized spacial score (nSPS) is 11.5. The van der Waals surface area contributed by atoms with E-state index in [-0.39, 0.29) is 12.4 Å². The van der Waals surface area contributed by atoms with Crippen LogP contribution in [0.2, 0.25) is 5.02 Å². The maximum absolute atomic E-state index is 8.55. The van der Waals surface area contributed by atoms with Crippen LogP contribution in [0.15, 0.2) is 46.2 Å². The molecule has 3 N–H and O–H groups in total. The van der Waals surface area contributed by atoms with Gasteiger partial charge < -0.3 is 20.1 Å². The molecule has 0 bridgehead atoms. The number of hydrogen-bond donors (Lipinski definition) is 2. The number of rotatable bonds is 4. The van der Waals surface area contributed by atoms with Gasteiger partial charge in [0.1, 0.15) is 18.1 Å². The summed E-state index contributed by atoms with van der Waals surface area (Å²) in [5.74, 6) is 1.20. The Morgan fingerprint density at radius 1 is 1.44 bits per heavy atom. The van der Waals surface area contributed by atoms with E-state index in [1.165, 1.54) is 0 Å². The van der Waals surface area contributed by atoms with Crippen molar-refractivity contribution in [3.63, 3.8) is 0 Å². The average Bonchev–Trinajstić information content (AvgIpc) is 2.89. The predicted molar refractivity (Wildman–Crippen MR) is 67.0 cm³/mol. The van der Waals surface area contributed by atoms with Crippen LogP contribution >= 0.6 is 11.6 Å². The Hall–Kier alpha value is -2.14. The molecule has 1 aromatic carbocycles. The third-order valence-corrected chi connectivity index (χ3v) is 2.58. The van der Waals surface area contributed by atoms with Gasteiger partial charge in [-0.05, 0) is 30.3 Å². The third kappa shape index (κ3) is 2.75. The van der Waals surface area contributed by atoms with E-state index in [4.69, 9.17) is 31.7 Å². The molecule has 0 aliphatic carbocycles. The quantitative estimate of drug-likeness (QED) is 0.386. The molecule has 0 amide bonds. The van der Waals surface area contributed by atoms with Crippen LogP contribution in [0, 0.1) is 0 Å². The fourth-order valence-electron chi connectivity index (χ4n) is 1.38. The Balaban J connectivity index is 2.10. The van der Waals surface area contributed by atoms with Crippen molar-refractivity contribution in [2.75, 3.05) is 0 Å². The minimum atomic E-state index is -0.00511. The van der Waals surface area contributed by atoms with E-state index in [2.05, 4.69) is 5.16 Å². The summed E-state index contributed by atoms with van der Waals surface area (Å²) >= 11 is 6.02. The lowest BCUT2D eigenvalue weighted by Gasteiger charge is -2.07. The Morgan fingerprint density at radius 3 is 2.89 bits per heavy atom. The minimum Gasteiger partial charge on any atom is -0.484 e. The van der Waals surface area contributed by atoms with Crippen molar-refractivity contribution in [2.45, 2.75) is 6.61 Å². The highest BCUT2D eigenvalue weighted by Crippen LogP contribution is 2.26. The van der Waals surface area contributed by atoms with Crippen LogP contribution < -0.4 is 10.5 Å². The van der Waals surface area contributed by atoms with Crippen LogP contribution in [0.25, 0.3) is 0 Å². The summed E-state index contributed by atoms with van der Waals surface area (Å²) in [7, 11) is 0. The van der Waals surface area contributed by atoms with Crippen LogP contribution in [0.4, 0.5) is 0 Å². The lowest BCUT2D eigenvalue weighted by Crippen LogP contribution is -2.12. The van der Waals surface area contributed by atoms with Crippen LogP contribution in [-0.2, 0) is 6.61 Å². The maximum atomic E-state index is 8.55. The summed E-state index contributed by atoms with van der Waals surface area (Å²) < 4.78 is 10.6. The SMILES string of the molecule is NC(=NO)c1ccc(OCc2ccco2)c(Cl)c1. The van der Waals surface area contributed by atoms with Gasteiger partial charge in [0.25, 0.3) is 0 Å². The Labute approximate surface area is 108 Å². The number of nitrogens with zero attached hydrogens (tertiary/aromatic N) is 1. The van der Waals surface area contributed by atoms with Gasteiger partial charge in [0.05, 0.1) is 11.3 Å². The zero-order valence-corrected chi connectivity index (χ0v) is 10.1. The van der Waals surface area contributed by atoms with Crippen LogP contribution in [0.1, 0.15) is 11.3 Å². The highest BCUT2D eigenvalue weighted by molar-refractivity contribution is 6.32. The molecule has 6 heteroatoms. The molecule has 0 saturated heterocycles. The summed E-state index contributed by atoms with van der Waals surface area (Å²) in [4.78, 5) is 0. The van der Waals surface area contributed by atoms with Gasteiger partial charge in [-0.3, -0.25) is 0 Å². The first-order valence-electron chi connectivity index (χ1n) is 5.13. The first kappa shape index (κ1) is 12.3. The van der Waals surface area contributed by atoms with Gasteiger partial charge in [0.15, 0.2) is 5.84 Å². The zero-order chi connectivity index (χ0) is 13.0. The molecule has 0 atom stereocenters. The van der Waals surface area contributed by atoms with Crippen molar-refractivity contribution >= 4 is 17.4 Å². The highest BCUT2D eigenvalue weighted by atomic mass is 35.5. The van der Waals surface area contributed by atoms with Gasteiger partial charge in [-0.1, -0.05) is 16.8 Å². The van der Waals surface area contributed by atoms with Gasteiger partial charge in [0.2, 0.25) is 0 Å². The molecule has 0 unspecified atom stereocenters. The molecule has 0 radical (unpaired) electrons. The molecule has 1 aromatic heterocycles. The topological polar surface area (TPSA) is 81.0 Å². The molecule has 5 nitrogen and oxygen atoms in total. The van der Waals surface area contributed by atoms with Gasteiger partial charge in [-0.2, -0.15) is 0 Å². The molecular formula is C12H11ClN2O3. The smallest absolute Gasteiger partial charge is 0.170 e. The van der Waals surface area contributed by atoms with Crippen LogP contribution in [-0.4, -0.2) is 11.0 Å². The summed E-state index contributed by atoms with van der Waals surface area (Å²) in [6.45, 7) is 0.287. The fourth-order valence-corrected chi connectivity index (χ4v) is 1.61. The maximum Gasteiger partial charge on any atom is 0.170 e. The third-order valence-electron chi connectivity index (χ3n) is 2.29. The van der Waals surface area contributed by atoms with E-state index < -0.39 is 0 Å². The monoisotopic (exact) mass is 266 g/mol. The minimum absolute atomic E-state index is 0.00511. The lowest BCUT2D eigenvalue weighted by molar-refractivity contribution is 0.270. The summed E-state index contributed by atoms with van der Waals surface area (Å²) in [6.07, 6.45) is 1.57. The molecule has 2 aromatic rings. The number of oxime groups is 1. The van der Waals surface area contributed by atoms with E-state index in [1.807, 2.05) is 0 Å². The van der Waals surface area contributed by atoms with Gasteiger partial charge >= 0.3 is 0 Å². The number of benzene rings is 1. The number of hydrogen-bond acceptors (Lipinski definition) is 4. The van der Waals surface area contributed by atoms with Crippen molar-refractivity contribution in [3.05, 3.63) is 52.9 Å². The van der Waals surface area contributed by atoms with Crippen molar-refractivity contribution in [2.24, 2.45) is 10.9 Å². The number of amidine groups is 1. The second kappa shape index (κ2) is 5.46. The van der Waals surface area contributed by atoms with E-state index >= 15 is 0 Å². The molecule has 1 heterocycles. The molecule has 0 aliphatic heterocycles. The fraction of sp³-hybridized carbons (Fsp3) is 0.0833. The summed E-state index contributed by atoms with van der Waals surface area (Å²) in [6, 6.07) is 8.45. The van der Waals surface area contributed by atoms with E-state index in [0.29, 0.717) is 22.1 Å². The molecule has 0 aliphatic rings. The number of halogens is 1. The average molecular weight is 267 g/mol. The number of ether oxygens (including phenoxy) is 1. The Kier molecular flexibility index (Phi) is 3.74. The second-order valence-electron chi connectivity index (χ2n) is 3.50. The summed E-state index contributed by atoms with van der Waals surface area (Å²) in [5, 5.41) is 11.8. The lowest BCUT2D eigenvalue weighted by atomic mass is 10.2. The number of nitrogens with two attached hydrogens (primary N) is 1. The predicted octanol–water partition coefficient (Wildman–Crippen LogP) is 2.61. The molecular weight excluding hydrogens is 256 g/mol. The van der Waals surface area contributed by atoms with Gasteiger partial charge in [-0.15, -0.1) is 0 Å². The first-order chi connectivity index (χ1) is 8.70. The molecule has 18 heavy (non-hydrogen) atoms. The largest absolute Gasteiger partial charge is 0.484 e. The van der Waals surface area contributed by atoms with Crippen LogP contribution in [0.3, 0.4) is 0 Å². The van der Waals surface area contributed by atoms with E-state index in [0.717, 1.165) is 0 Å². The molecule has 94 valence electrons. The van der Waals surface area contributed by atoms with Crippen molar-refractivity contribution in [1.29, 1.82) is 0 Å². The molecule has 0 spiro atoms. The van der Waals surface area contributed by atoms with Crippen molar-refractivity contribution < 1.29 is 14.4 Å². The highest BCUT2D eigenvalue weighted by Gasteiger charge is 2.07. The van der Waals surface area contributed by atoms with Crippen molar-refractivity contribution in [1.82, 2.24) is 0 Å². The Bertz CT molecular complexity index is 552. The van der Waals surface area contributed by atoms with Gasteiger partial charge in [0, 0.05) is 5.56 Å². The first-order valence-corrected chi connectivity index (χ1v) is 5.51. The standard InChI is InChI=1S/C12H11ClN2O3/c13-10-6-8(12(14)15-16)3-4-11(10)18-7-9-2-1-5-17-9/h1-6,16H,7H2,(H2,14,15). The number of furan rings is 1. The second-order valence-corrected chi connectivity index (χ2v) is 3.91. The molecule has 2 rings (SSSR count). The summed E-state index contributed by atoms with van der Waals surface area (Å²) in [5.41, 5.74) is 5.97. The molecule has 0 fully saturated rings. The van der Waals surface area contributed by atoms with Gasteiger partial charge in [-0.25, -0.2) is 0 Å². The molecule has 0 saturated carbocycles. The Morgan fingerprint density at radius 2 is 2.28 bits per heavy atom. The zero-order valence-electron chi connectivity index (χ0n) is 9.34.